The van der Waals surface area contributed by atoms with Crippen LogP contribution in [0.3, 0.4) is 0 Å². The molecule has 1 saturated heterocycles. The molecule has 6 heteroatoms. The molecule has 0 saturated carbocycles. The maximum absolute atomic E-state index is 12.5. The van der Waals surface area contributed by atoms with Crippen molar-refractivity contribution < 1.29 is 4.79 Å². The van der Waals surface area contributed by atoms with Crippen molar-refractivity contribution in [1.29, 1.82) is 0 Å². The maximum atomic E-state index is 12.5. The highest BCUT2D eigenvalue weighted by Crippen LogP contribution is 2.16. The van der Waals surface area contributed by atoms with Crippen LogP contribution >= 0.6 is 11.8 Å². The van der Waals surface area contributed by atoms with E-state index in [1.807, 2.05) is 29.3 Å². The van der Waals surface area contributed by atoms with E-state index in [2.05, 4.69) is 52.4 Å². The predicted molar refractivity (Wildman–Crippen MR) is 112 cm³/mol. The van der Waals surface area contributed by atoms with E-state index in [0.29, 0.717) is 6.42 Å². The van der Waals surface area contributed by atoms with Crippen molar-refractivity contribution in [2.24, 2.45) is 0 Å². The van der Waals surface area contributed by atoms with E-state index in [4.69, 9.17) is 0 Å². The average molecular weight is 385 g/mol. The Morgan fingerprint density at radius 2 is 1.85 bits per heavy atom. The monoisotopic (exact) mass is 384 g/mol. The molecule has 0 N–H and O–H groups in total. The number of aromatic nitrogens is 1. The zero-order valence-electron chi connectivity index (χ0n) is 16.2. The van der Waals surface area contributed by atoms with Crippen LogP contribution in [0.2, 0.25) is 0 Å². The lowest BCUT2D eigenvalue weighted by molar-refractivity contribution is -0.131. The molecule has 0 aliphatic carbocycles. The Morgan fingerprint density at radius 3 is 2.48 bits per heavy atom. The molecular formula is C21H28N4OS. The van der Waals surface area contributed by atoms with Gasteiger partial charge in [0.2, 0.25) is 5.91 Å². The molecule has 1 aliphatic heterocycles. The third-order valence-corrected chi connectivity index (χ3v) is 5.67. The molecule has 2 heterocycles. The molecule has 0 spiro atoms. The number of piperazine rings is 1. The summed E-state index contributed by atoms with van der Waals surface area (Å²) in [5.74, 6) is 1.25. The summed E-state index contributed by atoms with van der Waals surface area (Å²) >= 11 is 1.75. The fourth-order valence-electron chi connectivity index (χ4n) is 3.29. The first kappa shape index (κ1) is 19.7. The standard InChI is InChI=1S/C21H28N4OS/c1-23(17-18-6-8-19(27-2)9-7-18)12-10-21(26)25-15-13-24(14-16-25)20-5-3-4-11-22-20/h3-9,11H,10,12-17H2,1-2H3. The van der Waals surface area contributed by atoms with Crippen LogP contribution in [0.4, 0.5) is 5.82 Å². The molecule has 5 nitrogen and oxygen atoms in total. The van der Waals surface area contributed by atoms with Gasteiger partial charge in [-0.15, -0.1) is 11.8 Å². The third kappa shape index (κ3) is 5.71. The highest BCUT2D eigenvalue weighted by Gasteiger charge is 2.21. The van der Waals surface area contributed by atoms with Crippen LogP contribution in [0.15, 0.2) is 53.6 Å². The Bertz CT molecular complexity index is 715. The molecule has 0 atom stereocenters. The molecule has 1 aromatic carbocycles. The number of benzene rings is 1. The quantitative estimate of drug-likeness (QED) is 0.687. The Kier molecular flexibility index (Phi) is 7.12. The predicted octanol–water partition coefficient (Wildman–Crippen LogP) is 2.97. The van der Waals surface area contributed by atoms with E-state index in [1.165, 1.54) is 10.5 Å². The summed E-state index contributed by atoms with van der Waals surface area (Å²) in [6.45, 7) is 4.89. The molecule has 3 rings (SSSR count). The molecule has 1 amide bonds. The van der Waals surface area contributed by atoms with E-state index in [9.17, 15) is 4.79 Å². The van der Waals surface area contributed by atoms with Crippen LogP contribution in [0, 0.1) is 0 Å². The molecule has 0 bridgehead atoms. The minimum atomic E-state index is 0.250. The number of amides is 1. The molecule has 0 unspecified atom stereocenters. The van der Waals surface area contributed by atoms with Gasteiger partial charge in [-0.25, -0.2) is 4.98 Å². The lowest BCUT2D eigenvalue weighted by Crippen LogP contribution is -2.49. The van der Waals surface area contributed by atoms with Crippen molar-refractivity contribution in [3.63, 3.8) is 0 Å². The van der Waals surface area contributed by atoms with Gasteiger partial charge in [-0.1, -0.05) is 18.2 Å². The summed E-state index contributed by atoms with van der Waals surface area (Å²) in [5, 5.41) is 0. The summed E-state index contributed by atoms with van der Waals surface area (Å²) in [4.78, 5) is 24.7. The number of thioether (sulfide) groups is 1. The molecule has 1 aromatic heterocycles. The Morgan fingerprint density at radius 1 is 1.11 bits per heavy atom. The van der Waals surface area contributed by atoms with Gasteiger partial charge in [-0.05, 0) is 43.1 Å². The number of carbonyl (C=O) groups is 1. The molecular weight excluding hydrogens is 356 g/mol. The van der Waals surface area contributed by atoms with E-state index in [0.717, 1.165) is 45.1 Å². The van der Waals surface area contributed by atoms with Gasteiger partial charge in [0, 0.05) is 56.8 Å². The second kappa shape index (κ2) is 9.76. The van der Waals surface area contributed by atoms with Crippen molar-refractivity contribution in [3.05, 3.63) is 54.2 Å². The summed E-state index contributed by atoms with van der Waals surface area (Å²) in [5.41, 5.74) is 1.28. The maximum Gasteiger partial charge on any atom is 0.223 e. The smallest absolute Gasteiger partial charge is 0.223 e. The van der Waals surface area contributed by atoms with Gasteiger partial charge in [-0.2, -0.15) is 0 Å². The van der Waals surface area contributed by atoms with Crippen LogP contribution in [0.1, 0.15) is 12.0 Å². The molecule has 1 fully saturated rings. The number of rotatable bonds is 7. The second-order valence-corrected chi connectivity index (χ2v) is 7.77. The highest BCUT2D eigenvalue weighted by atomic mass is 32.2. The number of hydrogen-bond acceptors (Lipinski definition) is 5. The summed E-state index contributed by atoms with van der Waals surface area (Å²) in [6, 6.07) is 14.6. The third-order valence-electron chi connectivity index (χ3n) is 4.92. The summed E-state index contributed by atoms with van der Waals surface area (Å²) in [7, 11) is 2.08. The Labute approximate surface area is 166 Å². The van der Waals surface area contributed by atoms with E-state index >= 15 is 0 Å². The second-order valence-electron chi connectivity index (χ2n) is 6.89. The number of carbonyl (C=O) groups excluding carboxylic acids is 1. The minimum absolute atomic E-state index is 0.250. The van der Waals surface area contributed by atoms with Crippen molar-refractivity contribution in [2.75, 3.05) is 50.9 Å². The molecule has 0 radical (unpaired) electrons. The lowest BCUT2D eigenvalue weighted by atomic mass is 10.2. The number of anilines is 1. The van der Waals surface area contributed by atoms with E-state index in [1.54, 1.807) is 11.8 Å². The van der Waals surface area contributed by atoms with Crippen LogP contribution in [0.5, 0.6) is 0 Å². The van der Waals surface area contributed by atoms with Gasteiger partial charge in [0.1, 0.15) is 5.82 Å². The fourth-order valence-corrected chi connectivity index (χ4v) is 3.70. The number of pyridine rings is 1. The van der Waals surface area contributed by atoms with Gasteiger partial charge in [-0.3, -0.25) is 4.79 Å². The first-order valence-electron chi connectivity index (χ1n) is 9.41. The van der Waals surface area contributed by atoms with Gasteiger partial charge in [0.05, 0.1) is 0 Å². The highest BCUT2D eigenvalue weighted by molar-refractivity contribution is 7.98. The van der Waals surface area contributed by atoms with Crippen LogP contribution < -0.4 is 4.90 Å². The van der Waals surface area contributed by atoms with Crippen LogP contribution in [0.25, 0.3) is 0 Å². The molecule has 27 heavy (non-hydrogen) atoms. The van der Waals surface area contributed by atoms with Gasteiger partial charge < -0.3 is 14.7 Å². The van der Waals surface area contributed by atoms with Crippen molar-refractivity contribution >= 4 is 23.5 Å². The van der Waals surface area contributed by atoms with E-state index in [-0.39, 0.29) is 5.91 Å². The van der Waals surface area contributed by atoms with Crippen molar-refractivity contribution in [3.8, 4) is 0 Å². The number of nitrogens with zero attached hydrogens (tertiary/aromatic N) is 4. The Balaban J connectivity index is 1.40. The molecule has 2 aromatic rings. The van der Waals surface area contributed by atoms with E-state index < -0.39 is 0 Å². The Hall–Kier alpha value is -2.05. The topological polar surface area (TPSA) is 39.7 Å². The fraction of sp³-hybridized carbons (Fsp3) is 0.429. The first-order chi connectivity index (χ1) is 13.2. The molecule has 1 aliphatic rings. The minimum Gasteiger partial charge on any atom is -0.353 e. The zero-order valence-corrected chi connectivity index (χ0v) is 17.0. The summed E-state index contributed by atoms with van der Waals surface area (Å²) < 4.78 is 0. The zero-order chi connectivity index (χ0) is 19.1. The molecule has 144 valence electrons. The first-order valence-corrected chi connectivity index (χ1v) is 10.6. The largest absolute Gasteiger partial charge is 0.353 e. The van der Waals surface area contributed by atoms with Crippen LogP contribution in [-0.4, -0.2) is 66.7 Å². The van der Waals surface area contributed by atoms with Crippen molar-refractivity contribution in [1.82, 2.24) is 14.8 Å². The van der Waals surface area contributed by atoms with Gasteiger partial charge in [0.15, 0.2) is 0 Å². The van der Waals surface area contributed by atoms with Crippen LogP contribution in [-0.2, 0) is 11.3 Å². The van der Waals surface area contributed by atoms with Gasteiger partial charge in [0.25, 0.3) is 0 Å². The normalized spacial score (nSPS) is 14.6. The summed E-state index contributed by atoms with van der Waals surface area (Å²) in [6.07, 6.45) is 4.48. The van der Waals surface area contributed by atoms with Crippen molar-refractivity contribution in [2.45, 2.75) is 17.9 Å². The lowest BCUT2D eigenvalue weighted by Gasteiger charge is -2.35. The number of hydrogen-bond donors (Lipinski definition) is 0. The SMILES string of the molecule is CSc1ccc(CN(C)CCC(=O)N2CCN(c3ccccn3)CC2)cc1. The van der Waals surface area contributed by atoms with Gasteiger partial charge >= 0.3 is 0 Å². The average Bonchev–Trinajstić information content (AvgIpc) is 2.73.